The maximum atomic E-state index is 13.3. The predicted molar refractivity (Wildman–Crippen MR) is 103 cm³/mol. The van der Waals surface area contributed by atoms with Gasteiger partial charge in [0, 0.05) is 24.0 Å². The minimum Gasteiger partial charge on any atom is -0.492 e. The van der Waals surface area contributed by atoms with E-state index in [0.717, 1.165) is 5.56 Å². The second kappa shape index (κ2) is 9.16. The van der Waals surface area contributed by atoms with E-state index in [9.17, 15) is 13.2 Å². The van der Waals surface area contributed by atoms with Gasteiger partial charge in [-0.25, -0.2) is 8.42 Å². The first kappa shape index (κ1) is 20.4. The molecule has 2 rings (SSSR count). The summed E-state index contributed by atoms with van der Waals surface area (Å²) in [5.74, 6) is -0.287. The van der Waals surface area contributed by atoms with Crippen molar-refractivity contribution in [3.05, 3.63) is 58.6 Å². The normalized spacial score (nSPS) is 11.5. The summed E-state index contributed by atoms with van der Waals surface area (Å²) in [7, 11) is -3.90. The molecule has 8 heteroatoms. The Morgan fingerprint density at radius 1 is 1.19 bits per heavy atom. The number of ether oxygens (including phenoxy) is 1. The minimum atomic E-state index is -3.90. The lowest BCUT2D eigenvalue weighted by molar-refractivity contribution is -0.118. The van der Waals surface area contributed by atoms with Crippen LogP contribution in [0.4, 0.5) is 0 Å². The summed E-state index contributed by atoms with van der Waals surface area (Å²) in [6, 6.07) is 14.0. The summed E-state index contributed by atoms with van der Waals surface area (Å²) >= 11 is 3.31. The molecule has 2 N–H and O–H groups in total. The average molecular weight is 441 g/mol. The number of halogens is 1. The van der Waals surface area contributed by atoms with Crippen LogP contribution in [0.15, 0.2) is 57.9 Å². The molecule has 0 spiro atoms. The summed E-state index contributed by atoms with van der Waals surface area (Å²) in [6.45, 7) is 2.25. The molecule has 2 aromatic rings. The third-order valence-corrected chi connectivity index (χ3v) is 5.99. The Balaban J connectivity index is 2.44. The molecule has 1 amide bonds. The van der Waals surface area contributed by atoms with Gasteiger partial charge in [-0.05, 0) is 30.7 Å². The molecule has 0 atom stereocenters. The zero-order chi connectivity index (χ0) is 19.2. The van der Waals surface area contributed by atoms with Crippen LogP contribution >= 0.6 is 15.9 Å². The first-order valence-corrected chi connectivity index (χ1v) is 10.3. The standard InChI is InChI=1S/C18H21BrN2O4S/c1-2-25-16-9-8-15(19)12-17(16)26(23,24)21(11-10-18(20)22)13-14-6-4-3-5-7-14/h3-9,12H,2,10-11,13H2,1H3,(H2,20,22). The van der Waals surface area contributed by atoms with Crippen molar-refractivity contribution in [2.75, 3.05) is 13.2 Å². The van der Waals surface area contributed by atoms with Gasteiger partial charge in [0.15, 0.2) is 0 Å². The maximum Gasteiger partial charge on any atom is 0.247 e. The highest BCUT2D eigenvalue weighted by Gasteiger charge is 2.28. The Bertz CT molecular complexity index is 857. The van der Waals surface area contributed by atoms with Crippen molar-refractivity contribution < 1.29 is 17.9 Å². The summed E-state index contributed by atoms with van der Waals surface area (Å²) in [5.41, 5.74) is 6.04. The molecule has 0 aromatic heterocycles. The van der Waals surface area contributed by atoms with Gasteiger partial charge < -0.3 is 10.5 Å². The van der Waals surface area contributed by atoms with E-state index in [1.54, 1.807) is 19.1 Å². The van der Waals surface area contributed by atoms with Gasteiger partial charge in [-0.15, -0.1) is 0 Å². The number of benzene rings is 2. The van der Waals surface area contributed by atoms with Crippen LogP contribution in [0, 0.1) is 0 Å². The molecule has 0 saturated carbocycles. The van der Waals surface area contributed by atoms with Crippen LogP contribution in [0.3, 0.4) is 0 Å². The number of amides is 1. The Hall–Kier alpha value is -1.90. The van der Waals surface area contributed by atoms with Crippen molar-refractivity contribution in [2.45, 2.75) is 24.8 Å². The Morgan fingerprint density at radius 2 is 1.88 bits per heavy atom. The first-order valence-electron chi connectivity index (χ1n) is 8.09. The number of carbonyl (C=O) groups excluding carboxylic acids is 1. The fourth-order valence-corrected chi connectivity index (χ4v) is 4.50. The lowest BCUT2D eigenvalue weighted by atomic mass is 10.2. The highest BCUT2D eigenvalue weighted by molar-refractivity contribution is 9.10. The van der Waals surface area contributed by atoms with Crippen molar-refractivity contribution in [1.29, 1.82) is 0 Å². The lowest BCUT2D eigenvalue weighted by Crippen LogP contribution is -2.34. The van der Waals surface area contributed by atoms with Crippen molar-refractivity contribution in [3.8, 4) is 5.75 Å². The molecule has 2 aromatic carbocycles. The van der Waals surface area contributed by atoms with Gasteiger partial charge >= 0.3 is 0 Å². The monoisotopic (exact) mass is 440 g/mol. The second-order valence-electron chi connectivity index (χ2n) is 5.56. The third kappa shape index (κ3) is 5.30. The number of rotatable bonds is 9. The second-order valence-corrected chi connectivity index (χ2v) is 8.39. The van der Waals surface area contributed by atoms with Gasteiger partial charge in [0.05, 0.1) is 6.61 Å². The highest BCUT2D eigenvalue weighted by atomic mass is 79.9. The van der Waals surface area contributed by atoms with E-state index in [1.165, 1.54) is 10.4 Å². The molecular weight excluding hydrogens is 420 g/mol. The molecule has 140 valence electrons. The number of primary amides is 1. The van der Waals surface area contributed by atoms with Crippen molar-refractivity contribution >= 4 is 31.9 Å². The van der Waals surface area contributed by atoms with Crippen molar-refractivity contribution in [2.24, 2.45) is 5.73 Å². The lowest BCUT2D eigenvalue weighted by Gasteiger charge is -2.23. The van der Waals surface area contributed by atoms with Crippen LogP contribution in [-0.4, -0.2) is 31.8 Å². The average Bonchev–Trinajstić information content (AvgIpc) is 2.60. The van der Waals surface area contributed by atoms with E-state index < -0.39 is 15.9 Å². The van der Waals surface area contributed by atoms with Crippen molar-refractivity contribution in [3.63, 3.8) is 0 Å². The summed E-state index contributed by atoms with van der Waals surface area (Å²) < 4.78 is 33.9. The van der Waals surface area contributed by atoms with Crippen LogP contribution in [0.5, 0.6) is 5.75 Å². The Kier molecular flexibility index (Phi) is 7.19. The summed E-state index contributed by atoms with van der Waals surface area (Å²) in [5, 5.41) is 0. The number of nitrogens with two attached hydrogens (primary N) is 1. The number of carbonyl (C=O) groups is 1. The summed E-state index contributed by atoms with van der Waals surface area (Å²) in [6.07, 6.45) is -0.0654. The number of nitrogens with zero attached hydrogens (tertiary/aromatic N) is 1. The molecule has 6 nitrogen and oxygen atoms in total. The smallest absolute Gasteiger partial charge is 0.247 e. The van der Waals surface area contributed by atoms with Crippen molar-refractivity contribution in [1.82, 2.24) is 4.31 Å². The zero-order valence-corrected chi connectivity index (χ0v) is 16.8. The van der Waals surface area contributed by atoms with Gasteiger partial charge in [0.25, 0.3) is 0 Å². The van der Waals surface area contributed by atoms with E-state index in [2.05, 4.69) is 15.9 Å². The topological polar surface area (TPSA) is 89.7 Å². The Labute approximate surface area is 162 Å². The van der Waals surface area contributed by atoms with Gasteiger partial charge in [-0.2, -0.15) is 4.31 Å². The van der Waals surface area contributed by atoms with E-state index in [4.69, 9.17) is 10.5 Å². The summed E-state index contributed by atoms with van der Waals surface area (Å²) in [4.78, 5) is 11.3. The van der Waals surface area contributed by atoms with Gasteiger partial charge in [0.2, 0.25) is 15.9 Å². The third-order valence-electron chi connectivity index (χ3n) is 3.63. The van der Waals surface area contributed by atoms with Gasteiger partial charge in [-0.3, -0.25) is 4.79 Å². The van der Waals surface area contributed by atoms with Gasteiger partial charge in [0.1, 0.15) is 10.6 Å². The van der Waals surface area contributed by atoms with Crippen LogP contribution in [0.2, 0.25) is 0 Å². The van der Waals surface area contributed by atoms with Crippen LogP contribution < -0.4 is 10.5 Å². The molecule has 26 heavy (non-hydrogen) atoms. The number of sulfonamides is 1. The maximum absolute atomic E-state index is 13.3. The molecule has 0 radical (unpaired) electrons. The molecule has 0 aliphatic rings. The van der Waals surface area contributed by atoms with E-state index in [0.29, 0.717) is 11.1 Å². The van der Waals surface area contributed by atoms with E-state index in [-0.39, 0.29) is 30.2 Å². The first-order chi connectivity index (χ1) is 12.3. The van der Waals surface area contributed by atoms with E-state index in [1.807, 2.05) is 30.3 Å². The molecule has 0 unspecified atom stereocenters. The fraction of sp³-hybridized carbons (Fsp3) is 0.278. The quantitative estimate of drug-likeness (QED) is 0.648. The number of hydrogen-bond donors (Lipinski definition) is 1. The van der Waals surface area contributed by atoms with Crippen LogP contribution in [0.25, 0.3) is 0 Å². The molecule has 0 saturated heterocycles. The number of hydrogen-bond acceptors (Lipinski definition) is 4. The van der Waals surface area contributed by atoms with Crippen LogP contribution in [-0.2, 0) is 21.4 Å². The molecule has 0 heterocycles. The van der Waals surface area contributed by atoms with Gasteiger partial charge in [-0.1, -0.05) is 46.3 Å². The van der Waals surface area contributed by atoms with E-state index >= 15 is 0 Å². The molecule has 0 fully saturated rings. The predicted octanol–water partition coefficient (Wildman–Crippen LogP) is 2.91. The molecular formula is C18H21BrN2O4S. The highest BCUT2D eigenvalue weighted by Crippen LogP contribution is 2.31. The molecule has 0 bridgehead atoms. The molecule has 0 aliphatic carbocycles. The zero-order valence-electron chi connectivity index (χ0n) is 14.4. The fourth-order valence-electron chi connectivity index (χ4n) is 2.40. The molecule has 0 aliphatic heterocycles. The largest absolute Gasteiger partial charge is 0.492 e. The SMILES string of the molecule is CCOc1ccc(Br)cc1S(=O)(=O)N(CCC(N)=O)Cc1ccccc1. The minimum absolute atomic E-state index is 0.00929. The Morgan fingerprint density at radius 3 is 2.50 bits per heavy atom. The van der Waals surface area contributed by atoms with Crippen LogP contribution in [0.1, 0.15) is 18.9 Å².